The summed E-state index contributed by atoms with van der Waals surface area (Å²) in [6.07, 6.45) is 0. The molecule has 4 aromatic rings. The van der Waals surface area contributed by atoms with E-state index in [1.165, 1.54) is 6.07 Å². The molecule has 146 valence electrons. The van der Waals surface area contributed by atoms with Gasteiger partial charge in [-0.2, -0.15) is 0 Å². The molecule has 1 aromatic heterocycles. The summed E-state index contributed by atoms with van der Waals surface area (Å²) in [5, 5.41) is 3.90. The van der Waals surface area contributed by atoms with Gasteiger partial charge < -0.3 is 14.5 Å². The monoisotopic (exact) mass is 446 g/mol. The number of oxazole rings is 1. The molecule has 0 fully saturated rings. The zero-order valence-electron chi connectivity index (χ0n) is 14.8. The van der Waals surface area contributed by atoms with Gasteiger partial charge in [-0.15, -0.1) is 0 Å². The molecule has 8 heteroatoms. The molecule has 0 aliphatic heterocycles. The summed E-state index contributed by atoms with van der Waals surface area (Å²) < 4.78 is 11.2. The maximum absolute atomic E-state index is 12.3. The lowest BCUT2D eigenvalue weighted by atomic mass is 10.2. The minimum Gasteiger partial charge on any atom is -0.482 e. The van der Waals surface area contributed by atoms with Crippen molar-refractivity contribution in [1.29, 1.82) is 0 Å². The molecule has 4 rings (SSSR count). The molecule has 0 saturated heterocycles. The Morgan fingerprint density at radius 1 is 1.00 bits per heavy atom. The summed E-state index contributed by atoms with van der Waals surface area (Å²) in [7, 11) is 0. The van der Waals surface area contributed by atoms with E-state index in [2.05, 4.69) is 10.3 Å². The molecular weight excluding hydrogens is 435 g/mol. The third-order valence-electron chi connectivity index (χ3n) is 4.03. The number of hydrogen-bond acceptors (Lipinski definition) is 4. The highest BCUT2D eigenvalue weighted by Crippen LogP contribution is 2.31. The van der Waals surface area contributed by atoms with Crippen molar-refractivity contribution in [1.82, 2.24) is 4.98 Å². The van der Waals surface area contributed by atoms with Gasteiger partial charge in [-0.3, -0.25) is 4.79 Å². The molecule has 0 aliphatic carbocycles. The van der Waals surface area contributed by atoms with Crippen LogP contribution in [0.15, 0.2) is 65.1 Å². The maximum atomic E-state index is 12.3. The van der Waals surface area contributed by atoms with Gasteiger partial charge in [-0.25, -0.2) is 4.98 Å². The van der Waals surface area contributed by atoms with E-state index in [0.29, 0.717) is 43.5 Å². The summed E-state index contributed by atoms with van der Waals surface area (Å²) in [4.78, 5) is 16.8. The summed E-state index contributed by atoms with van der Waals surface area (Å²) in [5.41, 5.74) is 2.53. The first-order valence-electron chi connectivity index (χ1n) is 8.53. The molecule has 5 nitrogen and oxygen atoms in total. The molecule has 0 unspecified atom stereocenters. The second kappa shape index (κ2) is 8.33. The number of halogens is 3. The fourth-order valence-electron chi connectivity index (χ4n) is 2.67. The minimum atomic E-state index is -0.396. The van der Waals surface area contributed by atoms with Crippen molar-refractivity contribution in [2.75, 3.05) is 11.9 Å². The predicted molar refractivity (Wildman–Crippen MR) is 115 cm³/mol. The van der Waals surface area contributed by atoms with Crippen LogP contribution in [0.1, 0.15) is 0 Å². The zero-order valence-corrected chi connectivity index (χ0v) is 17.1. The first kappa shape index (κ1) is 19.6. The number of nitrogens with zero attached hydrogens (tertiary/aromatic N) is 1. The number of anilines is 1. The Morgan fingerprint density at radius 3 is 2.62 bits per heavy atom. The fourth-order valence-corrected chi connectivity index (χ4v) is 3.30. The Kier molecular flexibility index (Phi) is 5.62. The van der Waals surface area contributed by atoms with Gasteiger partial charge in [0.2, 0.25) is 5.89 Å². The normalized spacial score (nSPS) is 10.9. The number of para-hydroxylation sites is 2. The van der Waals surface area contributed by atoms with Crippen molar-refractivity contribution >= 4 is 57.5 Å². The van der Waals surface area contributed by atoms with Gasteiger partial charge in [0.15, 0.2) is 12.2 Å². The standard InChI is InChI=1S/C21H13Cl3N2O3/c22-13-6-8-18(15(24)10-13)28-11-20(27)25-17-9-12(5-7-14(17)23)21-26-16-3-1-2-4-19(16)29-21/h1-10H,11H2,(H,25,27). The number of hydrogen-bond donors (Lipinski definition) is 1. The van der Waals surface area contributed by atoms with Crippen LogP contribution < -0.4 is 10.1 Å². The number of ether oxygens (including phenoxy) is 1. The molecule has 1 amide bonds. The number of fused-ring (bicyclic) bond motifs is 1. The largest absolute Gasteiger partial charge is 0.482 e. The van der Waals surface area contributed by atoms with Gasteiger partial charge >= 0.3 is 0 Å². The van der Waals surface area contributed by atoms with Crippen LogP contribution >= 0.6 is 34.8 Å². The molecule has 0 radical (unpaired) electrons. The maximum Gasteiger partial charge on any atom is 0.262 e. The lowest BCUT2D eigenvalue weighted by Crippen LogP contribution is -2.20. The van der Waals surface area contributed by atoms with E-state index in [0.717, 1.165) is 5.52 Å². The molecule has 0 atom stereocenters. The van der Waals surface area contributed by atoms with E-state index in [9.17, 15) is 4.79 Å². The van der Waals surface area contributed by atoms with Crippen LogP contribution in [0, 0.1) is 0 Å². The highest BCUT2D eigenvalue weighted by Gasteiger charge is 2.13. The third kappa shape index (κ3) is 4.48. The third-order valence-corrected chi connectivity index (χ3v) is 4.89. The highest BCUT2D eigenvalue weighted by atomic mass is 35.5. The van der Waals surface area contributed by atoms with Gasteiger partial charge in [0.25, 0.3) is 5.91 Å². The number of aromatic nitrogens is 1. The van der Waals surface area contributed by atoms with Crippen LogP contribution in [-0.2, 0) is 4.79 Å². The Morgan fingerprint density at radius 2 is 1.83 bits per heavy atom. The van der Waals surface area contributed by atoms with Crippen LogP contribution in [0.5, 0.6) is 5.75 Å². The second-order valence-electron chi connectivity index (χ2n) is 6.09. The number of rotatable bonds is 5. The smallest absolute Gasteiger partial charge is 0.262 e. The summed E-state index contributed by atoms with van der Waals surface area (Å²) in [6.45, 7) is -0.245. The van der Waals surface area contributed by atoms with Crippen molar-refractivity contribution in [3.8, 4) is 17.2 Å². The lowest BCUT2D eigenvalue weighted by molar-refractivity contribution is -0.118. The van der Waals surface area contributed by atoms with Crippen LogP contribution in [0.25, 0.3) is 22.6 Å². The summed E-state index contributed by atoms with van der Waals surface area (Å²) in [6, 6.07) is 17.3. The first-order chi connectivity index (χ1) is 14.0. The number of carbonyl (C=O) groups excluding carboxylic acids is 1. The van der Waals surface area contributed by atoms with Gasteiger partial charge in [-0.05, 0) is 48.5 Å². The fraction of sp³-hybridized carbons (Fsp3) is 0.0476. The first-order valence-corrected chi connectivity index (χ1v) is 9.66. The Balaban J connectivity index is 1.49. The lowest BCUT2D eigenvalue weighted by Gasteiger charge is -2.10. The van der Waals surface area contributed by atoms with Crippen molar-refractivity contribution < 1.29 is 13.9 Å². The van der Waals surface area contributed by atoms with E-state index in [-0.39, 0.29) is 6.61 Å². The van der Waals surface area contributed by atoms with Crippen LogP contribution in [0.2, 0.25) is 15.1 Å². The van der Waals surface area contributed by atoms with E-state index in [4.69, 9.17) is 44.0 Å². The number of nitrogens with one attached hydrogen (secondary N) is 1. The average molecular weight is 448 g/mol. The molecule has 29 heavy (non-hydrogen) atoms. The number of amides is 1. The van der Waals surface area contributed by atoms with Crippen molar-refractivity contribution in [2.45, 2.75) is 0 Å². The second-order valence-corrected chi connectivity index (χ2v) is 7.34. The van der Waals surface area contributed by atoms with Crippen molar-refractivity contribution in [2.24, 2.45) is 0 Å². The SMILES string of the molecule is O=C(COc1ccc(Cl)cc1Cl)Nc1cc(-c2nc3ccccc3o2)ccc1Cl. The molecule has 1 N–H and O–H groups in total. The van der Waals surface area contributed by atoms with Gasteiger partial charge in [0, 0.05) is 10.6 Å². The average Bonchev–Trinajstić information content (AvgIpc) is 3.13. The Hall–Kier alpha value is -2.73. The molecule has 0 bridgehead atoms. The molecular formula is C21H13Cl3N2O3. The van der Waals surface area contributed by atoms with Gasteiger partial charge in [-0.1, -0.05) is 46.9 Å². The highest BCUT2D eigenvalue weighted by molar-refractivity contribution is 6.35. The quantitative estimate of drug-likeness (QED) is 0.381. The molecule has 3 aromatic carbocycles. The zero-order chi connectivity index (χ0) is 20.4. The van der Waals surface area contributed by atoms with Crippen molar-refractivity contribution in [3.63, 3.8) is 0 Å². The topological polar surface area (TPSA) is 64.4 Å². The molecule has 0 saturated carbocycles. The van der Waals surface area contributed by atoms with E-state index in [1.54, 1.807) is 30.3 Å². The van der Waals surface area contributed by atoms with Crippen LogP contribution in [0.3, 0.4) is 0 Å². The number of benzene rings is 3. The molecule has 0 spiro atoms. The van der Waals surface area contributed by atoms with Gasteiger partial charge in [0.05, 0.1) is 15.7 Å². The minimum absolute atomic E-state index is 0.245. The molecule has 1 heterocycles. The predicted octanol–water partition coefficient (Wildman–Crippen LogP) is 6.47. The Labute approximate surface area is 181 Å². The Bertz CT molecular complexity index is 1170. The van der Waals surface area contributed by atoms with Crippen LogP contribution in [0.4, 0.5) is 5.69 Å². The summed E-state index contributed by atoms with van der Waals surface area (Å²) in [5.74, 6) is 0.396. The summed E-state index contributed by atoms with van der Waals surface area (Å²) >= 11 is 18.1. The van der Waals surface area contributed by atoms with E-state index in [1.807, 2.05) is 24.3 Å². The van der Waals surface area contributed by atoms with Gasteiger partial charge in [0.1, 0.15) is 11.3 Å². The van der Waals surface area contributed by atoms with Crippen LogP contribution in [-0.4, -0.2) is 17.5 Å². The molecule has 0 aliphatic rings. The number of carbonyl (C=O) groups is 1. The van der Waals surface area contributed by atoms with E-state index < -0.39 is 5.91 Å². The van der Waals surface area contributed by atoms with Crippen molar-refractivity contribution in [3.05, 3.63) is 75.7 Å². The van der Waals surface area contributed by atoms with E-state index >= 15 is 0 Å².